The van der Waals surface area contributed by atoms with Gasteiger partial charge in [0.25, 0.3) is 5.91 Å². The lowest BCUT2D eigenvalue weighted by Crippen LogP contribution is -2.47. The second-order valence-corrected chi connectivity index (χ2v) is 5.31. The summed E-state index contributed by atoms with van der Waals surface area (Å²) in [6.07, 6.45) is 2.93. The number of hydrogen-bond acceptors (Lipinski definition) is 3. The predicted molar refractivity (Wildman–Crippen MR) is 78.1 cm³/mol. The number of nitrogens with zero attached hydrogens (tertiary/aromatic N) is 1. The summed E-state index contributed by atoms with van der Waals surface area (Å²) in [4.78, 5) is 14.4. The maximum atomic E-state index is 12.4. The molecule has 1 heterocycles. The predicted octanol–water partition coefficient (Wildman–Crippen LogP) is 2.86. The van der Waals surface area contributed by atoms with E-state index in [-0.39, 0.29) is 5.91 Å². The minimum atomic E-state index is -0.455. The molecular formula is C16H23NO3. The van der Waals surface area contributed by atoms with Crippen LogP contribution in [-0.4, -0.2) is 36.6 Å². The van der Waals surface area contributed by atoms with E-state index in [0.29, 0.717) is 11.8 Å². The van der Waals surface area contributed by atoms with Crippen LogP contribution in [0.4, 0.5) is 0 Å². The summed E-state index contributed by atoms with van der Waals surface area (Å²) in [6, 6.07) is 7.62. The van der Waals surface area contributed by atoms with Crippen LogP contribution in [0.3, 0.4) is 0 Å². The molecule has 1 aromatic carbocycles. The highest BCUT2D eigenvalue weighted by Gasteiger charge is 2.27. The first-order valence-electron chi connectivity index (χ1n) is 7.23. The van der Waals surface area contributed by atoms with Gasteiger partial charge < -0.3 is 14.4 Å². The standard InChI is InChI=1S/C16H23NO3/c1-12-6-4-5-11-17(12)16(18)13(2)20-15-9-7-14(19-3)8-10-15/h7-10,12-13H,4-6,11H2,1-3H3. The van der Waals surface area contributed by atoms with Crippen molar-refractivity contribution < 1.29 is 14.3 Å². The fourth-order valence-electron chi connectivity index (χ4n) is 2.57. The lowest BCUT2D eigenvalue weighted by atomic mass is 10.0. The molecule has 1 saturated heterocycles. The molecule has 1 amide bonds. The highest BCUT2D eigenvalue weighted by molar-refractivity contribution is 5.81. The Morgan fingerprint density at radius 2 is 1.90 bits per heavy atom. The van der Waals surface area contributed by atoms with Crippen molar-refractivity contribution in [1.29, 1.82) is 0 Å². The molecule has 110 valence electrons. The number of benzene rings is 1. The van der Waals surface area contributed by atoms with Gasteiger partial charge in [0.1, 0.15) is 11.5 Å². The van der Waals surface area contributed by atoms with Gasteiger partial charge in [0.2, 0.25) is 0 Å². The molecule has 1 aromatic rings. The zero-order valence-corrected chi connectivity index (χ0v) is 12.5. The van der Waals surface area contributed by atoms with Crippen LogP contribution in [0.25, 0.3) is 0 Å². The molecule has 0 radical (unpaired) electrons. The van der Waals surface area contributed by atoms with E-state index in [9.17, 15) is 4.79 Å². The Labute approximate surface area is 120 Å². The number of hydrogen-bond donors (Lipinski definition) is 0. The van der Waals surface area contributed by atoms with Gasteiger partial charge in [-0.25, -0.2) is 0 Å². The van der Waals surface area contributed by atoms with E-state index in [4.69, 9.17) is 9.47 Å². The van der Waals surface area contributed by atoms with Gasteiger partial charge >= 0.3 is 0 Å². The summed E-state index contributed by atoms with van der Waals surface area (Å²) >= 11 is 0. The van der Waals surface area contributed by atoms with Crippen LogP contribution in [0.1, 0.15) is 33.1 Å². The van der Waals surface area contributed by atoms with Crippen molar-refractivity contribution in [2.45, 2.75) is 45.3 Å². The Bertz CT molecular complexity index is 444. The molecule has 0 N–H and O–H groups in total. The lowest BCUT2D eigenvalue weighted by Gasteiger charge is -2.35. The molecule has 2 unspecified atom stereocenters. The van der Waals surface area contributed by atoms with Gasteiger partial charge in [-0.05, 0) is 57.4 Å². The molecule has 1 aliphatic heterocycles. The maximum absolute atomic E-state index is 12.4. The fraction of sp³-hybridized carbons (Fsp3) is 0.562. The highest BCUT2D eigenvalue weighted by Crippen LogP contribution is 2.21. The zero-order chi connectivity index (χ0) is 14.5. The van der Waals surface area contributed by atoms with Crippen molar-refractivity contribution in [2.24, 2.45) is 0 Å². The van der Waals surface area contributed by atoms with E-state index in [1.807, 2.05) is 36.1 Å². The number of methoxy groups -OCH3 is 1. The Hall–Kier alpha value is -1.71. The third kappa shape index (κ3) is 3.44. The van der Waals surface area contributed by atoms with Gasteiger partial charge in [-0.2, -0.15) is 0 Å². The van der Waals surface area contributed by atoms with E-state index in [1.54, 1.807) is 7.11 Å². The van der Waals surface area contributed by atoms with Gasteiger partial charge in [0.15, 0.2) is 6.10 Å². The van der Waals surface area contributed by atoms with Crippen molar-refractivity contribution in [3.8, 4) is 11.5 Å². The first-order valence-corrected chi connectivity index (χ1v) is 7.23. The molecule has 2 rings (SSSR count). The van der Waals surface area contributed by atoms with E-state index in [2.05, 4.69) is 6.92 Å². The number of piperidine rings is 1. The summed E-state index contributed by atoms with van der Waals surface area (Å²) < 4.78 is 10.8. The molecule has 0 spiro atoms. The van der Waals surface area contributed by atoms with Crippen LogP contribution >= 0.6 is 0 Å². The molecule has 20 heavy (non-hydrogen) atoms. The molecule has 0 aliphatic carbocycles. The first-order chi connectivity index (χ1) is 9.61. The summed E-state index contributed by atoms with van der Waals surface area (Å²) in [5.74, 6) is 1.55. The van der Waals surface area contributed by atoms with Gasteiger partial charge in [-0.15, -0.1) is 0 Å². The summed E-state index contributed by atoms with van der Waals surface area (Å²) in [7, 11) is 1.62. The van der Waals surface area contributed by atoms with E-state index < -0.39 is 6.10 Å². The van der Waals surface area contributed by atoms with Crippen molar-refractivity contribution in [1.82, 2.24) is 4.90 Å². The normalized spacial score (nSPS) is 20.4. The first kappa shape index (κ1) is 14.7. The average molecular weight is 277 g/mol. The molecule has 0 bridgehead atoms. The number of ether oxygens (including phenoxy) is 2. The molecule has 4 nitrogen and oxygen atoms in total. The zero-order valence-electron chi connectivity index (χ0n) is 12.5. The summed E-state index contributed by atoms with van der Waals surface area (Å²) in [6.45, 7) is 4.77. The molecular weight excluding hydrogens is 254 g/mol. The summed E-state index contributed by atoms with van der Waals surface area (Å²) in [5, 5.41) is 0. The summed E-state index contributed by atoms with van der Waals surface area (Å²) in [5.41, 5.74) is 0. The van der Waals surface area contributed by atoms with Crippen LogP contribution in [0.2, 0.25) is 0 Å². The van der Waals surface area contributed by atoms with E-state index >= 15 is 0 Å². The van der Waals surface area contributed by atoms with Crippen molar-refractivity contribution in [3.63, 3.8) is 0 Å². The third-order valence-corrected chi connectivity index (χ3v) is 3.81. The Morgan fingerprint density at radius 3 is 2.50 bits per heavy atom. The molecule has 0 aromatic heterocycles. The maximum Gasteiger partial charge on any atom is 0.263 e. The van der Waals surface area contributed by atoms with Gasteiger partial charge in [0.05, 0.1) is 7.11 Å². The van der Waals surface area contributed by atoms with Crippen LogP contribution in [0.5, 0.6) is 11.5 Å². The van der Waals surface area contributed by atoms with Gasteiger partial charge in [-0.1, -0.05) is 0 Å². The third-order valence-electron chi connectivity index (χ3n) is 3.81. The van der Waals surface area contributed by atoms with Crippen LogP contribution in [0.15, 0.2) is 24.3 Å². The number of carbonyl (C=O) groups excluding carboxylic acids is 1. The molecule has 4 heteroatoms. The minimum absolute atomic E-state index is 0.0769. The second kappa shape index (κ2) is 6.64. The Morgan fingerprint density at radius 1 is 1.25 bits per heavy atom. The largest absolute Gasteiger partial charge is 0.497 e. The topological polar surface area (TPSA) is 38.8 Å². The molecule has 1 aliphatic rings. The quantitative estimate of drug-likeness (QED) is 0.849. The molecule has 2 atom stereocenters. The number of rotatable bonds is 4. The average Bonchev–Trinajstić information content (AvgIpc) is 2.48. The second-order valence-electron chi connectivity index (χ2n) is 5.31. The molecule has 0 saturated carbocycles. The van der Waals surface area contributed by atoms with Crippen LogP contribution in [-0.2, 0) is 4.79 Å². The SMILES string of the molecule is COc1ccc(OC(C)C(=O)N2CCCCC2C)cc1. The number of amides is 1. The van der Waals surface area contributed by atoms with Crippen molar-refractivity contribution in [2.75, 3.05) is 13.7 Å². The van der Waals surface area contributed by atoms with Crippen LogP contribution in [0, 0.1) is 0 Å². The monoisotopic (exact) mass is 277 g/mol. The van der Waals surface area contributed by atoms with Crippen molar-refractivity contribution >= 4 is 5.91 Å². The number of carbonyl (C=O) groups is 1. The molecule has 1 fully saturated rings. The fourth-order valence-corrected chi connectivity index (χ4v) is 2.57. The van der Waals surface area contributed by atoms with E-state index in [1.165, 1.54) is 6.42 Å². The minimum Gasteiger partial charge on any atom is -0.497 e. The van der Waals surface area contributed by atoms with Gasteiger partial charge in [0, 0.05) is 12.6 Å². The smallest absolute Gasteiger partial charge is 0.263 e. The Balaban J connectivity index is 1.95. The van der Waals surface area contributed by atoms with E-state index in [0.717, 1.165) is 25.1 Å². The highest BCUT2D eigenvalue weighted by atomic mass is 16.5. The van der Waals surface area contributed by atoms with Gasteiger partial charge in [-0.3, -0.25) is 4.79 Å². The van der Waals surface area contributed by atoms with Crippen molar-refractivity contribution in [3.05, 3.63) is 24.3 Å². The van der Waals surface area contributed by atoms with Crippen LogP contribution < -0.4 is 9.47 Å². The number of likely N-dealkylation sites (tertiary alicyclic amines) is 1. The lowest BCUT2D eigenvalue weighted by molar-refractivity contribution is -0.141. The Kier molecular flexibility index (Phi) is 4.88.